The van der Waals surface area contributed by atoms with Crippen LogP contribution in [-0.2, 0) is 14.8 Å². The Morgan fingerprint density at radius 2 is 1.96 bits per heavy atom. The first-order chi connectivity index (χ1) is 11.6. The zero-order valence-electron chi connectivity index (χ0n) is 16.0. The maximum absolute atomic E-state index is 9.30. The Bertz CT molecular complexity index is 710. The summed E-state index contributed by atoms with van der Waals surface area (Å²) >= 11 is 0. The normalized spacial score (nSPS) is 30.4. The topological polar surface area (TPSA) is 72.4 Å². The minimum atomic E-state index is -0.425. The van der Waals surface area contributed by atoms with Gasteiger partial charge in [0.05, 0.1) is 34.9 Å². The summed E-state index contributed by atoms with van der Waals surface area (Å²) < 4.78 is 14.3. The van der Waals surface area contributed by atoms with Crippen molar-refractivity contribution in [2.75, 3.05) is 7.05 Å². The Hall–Kier alpha value is -1.65. The molecule has 0 atom stereocenters. The molecule has 1 aromatic rings. The Morgan fingerprint density at radius 3 is 2.48 bits per heavy atom. The molecule has 7 heteroatoms. The summed E-state index contributed by atoms with van der Waals surface area (Å²) in [7, 11) is 1.37. The van der Waals surface area contributed by atoms with Crippen LogP contribution >= 0.6 is 0 Å². The molecule has 1 aromatic heterocycles. The predicted octanol–water partition coefficient (Wildman–Crippen LogP) is 2.21. The van der Waals surface area contributed by atoms with Crippen LogP contribution in [0.25, 0.3) is 0 Å². The van der Waals surface area contributed by atoms with E-state index in [0.717, 1.165) is 24.0 Å². The second-order valence-corrected chi connectivity index (χ2v) is 8.34. The molecule has 1 aliphatic heterocycles. The van der Waals surface area contributed by atoms with E-state index in [1.165, 1.54) is 0 Å². The number of aryl methyl sites for hydroxylation is 1. The van der Waals surface area contributed by atoms with Crippen LogP contribution < -0.4 is 5.46 Å². The predicted molar refractivity (Wildman–Crippen MR) is 98.0 cm³/mol. The summed E-state index contributed by atoms with van der Waals surface area (Å²) in [4.78, 5) is 4.12. The van der Waals surface area contributed by atoms with Gasteiger partial charge in [-0.2, -0.15) is 10.4 Å². The average Bonchev–Trinajstić information content (AvgIpc) is 2.94. The maximum atomic E-state index is 9.30. The molecule has 134 valence electrons. The van der Waals surface area contributed by atoms with Crippen LogP contribution in [0.2, 0.25) is 0 Å². The molecule has 0 bridgehead atoms. The third kappa shape index (κ3) is 2.92. The standard InChI is InChI=1S/C18H27BN4O2/c1-13-15(19-24-16(2,3)17(4,5)25-19)12-23(22-13)18(7-8-20)9-14(10-18)11-21-6/h11-12,14H,7,9-10H2,1-6H3. The fourth-order valence-electron chi connectivity index (χ4n) is 3.71. The summed E-state index contributed by atoms with van der Waals surface area (Å²) in [6, 6.07) is 2.33. The molecule has 0 unspecified atom stereocenters. The van der Waals surface area contributed by atoms with E-state index in [1.807, 2.05) is 51.7 Å². The number of nitriles is 1. The maximum Gasteiger partial charge on any atom is 0.498 e. The van der Waals surface area contributed by atoms with Crippen molar-refractivity contribution in [3.8, 4) is 6.07 Å². The lowest BCUT2D eigenvalue weighted by Crippen LogP contribution is -2.47. The highest BCUT2D eigenvalue weighted by molar-refractivity contribution is 6.62. The second kappa shape index (κ2) is 5.96. The third-order valence-corrected chi connectivity index (χ3v) is 5.98. The van der Waals surface area contributed by atoms with Crippen LogP contribution in [-0.4, -0.2) is 41.4 Å². The van der Waals surface area contributed by atoms with Gasteiger partial charge in [-0.05, 0) is 53.4 Å². The SMILES string of the molecule is CN=CC1CC(CC#N)(n2cc(B3OC(C)(C)C(C)(C)O3)c(C)n2)C1. The minimum absolute atomic E-state index is 0.243. The number of hydrogen-bond donors (Lipinski definition) is 0. The van der Waals surface area contributed by atoms with Crippen molar-refractivity contribution in [3.05, 3.63) is 11.9 Å². The largest absolute Gasteiger partial charge is 0.498 e. The van der Waals surface area contributed by atoms with E-state index in [9.17, 15) is 5.26 Å². The average molecular weight is 342 g/mol. The molecule has 2 heterocycles. The van der Waals surface area contributed by atoms with Gasteiger partial charge in [0.2, 0.25) is 0 Å². The molecule has 25 heavy (non-hydrogen) atoms. The first kappa shape index (κ1) is 18.2. The van der Waals surface area contributed by atoms with E-state index in [-0.39, 0.29) is 16.7 Å². The molecule has 1 saturated heterocycles. The van der Waals surface area contributed by atoms with Crippen LogP contribution in [0.1, 0.15) is 52.7 Å². The van der Waals surface area contributed by atoms with Crippen LogP contribution in [0.4, 0.5) is 0 Å². The highest BCUT2D eigenvalue weighted by Gasteiger charge is 2.53. The lowest BCUT2D eigenvalue weighted by Gasteiger charge is -2.45. The lowest BCUT2D eigenvalue weighted by atomic mass is 9.67. The van der Waals surface area contributed by atoms with E-state index in [1.54, 1.807) is 7.05 Å². The van der Waals surface area contributed by atoms with Gasteiger partial charge < -0.3 is 14.3 Å². The van der Waals surface area contributed by atoms with Gasteiger partial charge in [0.1, 0.15) is 0 Å². The van der Waals surface area contributed by atoms with Crippen LogP contribution in [0, 0.1) is 24.2 Å². The first-order valence-corrected chi connectivity index (χ1v) is 8.86. The molecule has 6 nitrogen and oxygen atoms in total. The molecular weight excluding hydrogens is 315 g/mol. The second-order valence-electron chi connectivity index (χ2n) is 8.34. The third-order valence-electron chi connectivity index (χ3n) is 5.98. The molecular formula is C18H27BN4O2. The van der Waals surface area contributed by atoms with Gasteiger partial charge in [-0.25, -0.2) is 0 Å². The number of rotatable bonds is 4. The molecule has 3 rings (SSSR count). The summed E-state index contributed by atoms with van der Waals surface area (Å²) in [5, 5.41) is 14.0. The fraction of sp³-hybridized carbons (Fsp3) is 0.722. The van der Waals surface area contributed by atoms with Crippen molar-refractivity contribution in [2.45, 2.75) is 70.6 Å². The highest BCUT2D eigenvalue weighted by Crippen LogP contribution is 2.45. The number of hydrogen-bond acceptors (Lipinski definition) is 5. The molecule has 0 radical (unpaired) electrons. The quantitative estimate of drug-likeness (QED) is 0.621. The molecule has 1 aliphatic carbocycles. The monoisotopic (exact) mass is 342 g/mol. The lowest BCUT2D eigenvalue weighted by molar-refractivity contribution is 0.00578. The number of aromatic nitrogens is 2. The zero-order valence-corrected chi connectivity index (χ0v) is 16.0. The van der Waals surface area contributed by atoms with Crippen molar-refractivity contribution in [3.63, 3.8) is 0 Å². The summed E-state index contributed by atoms with van der Waals surface area (Å²) in [6.07, 6.45) is 6.21. The van der Waals surface area contributed by atoms with Gasteiger partial charge in [-0.1, -0.05) is 0 Å². The van der Waals surface area contributed by atoms with Crippen molar-refractivity contribution < 1.29 is 9.31 Å². The Balaban J connectivity index is 1.87. The van der Waals surface area contributed by atoms with Gasteiger partial charge in [0.15, 0.2) is 0 Å². The molecule has 0 spiro atoms. The van der Waals surface area contributed by atoms with Crippen LogP contribution in [0.5, 0.6) is 0 Å². The molecule has 0 aromatic carbocycles. The van der Waals surface area contributed by atoms with E-state index < -0.39 is 7.12 Å². The van der Waals surface area contributed by atoms with Gasteiger partial charge >= 0.3 is 7.12 Å². The van der Waals surface area contributed by atoms with Gasteiger partial charge in [-0.3, -0.25) is 4.68 Å². The Morgan fingerprint density at radius 1 is 1.36 bits per heavy atom. The minimum Gasteiger partial charge on any atom is -0.399 e. The van der Waals surface area contributed by atoms with Crippen molar-refractivity contribution >= 4 is 18.8 Å². The van der Waals surface area contributed by atoms with Gasteiger partial charge in [0.25, 0.3) is 0 Å². The molecule has 2 fully saturated rings. The number of nitrogens with zero attached hydrogens (tertiary/aromatic N) is 4. The van der Waals surface area contributed by atoms with E-state index in [0.29, 0.717) is 12.3 Å². The van der Waals surface area contributed by atoms with Crippen LogP contribution in [0.15, 0.2) is 11.2 Å². The molecule has 1 saturated carbocycles. The first-order valence-electron chi connectivity index (χ1n) is 8.86. The van der Waals surface area contributed by atoms with Gasteiger partial charge in [-0.15, -0.1) is 0 Å². The molecule has 0 amide bonds. The number of aliphatic imine (C=N–C) groups is 1. The molecule has 0 N–H and O–H groups in total. The van der Waals surface area contributed by atoms with E-state index in [2.05, 4.69) is 11.1 Å². The Labute approximate surface area is 150 Å². The Kier molecular flexibility index (Phi) is 4.33. The fourth-order valence-corrected chi connectivity index (χ4v) is 3.71. The van der Waals surface area contributed by atoms with E-state index >= 15 is 0 Å². The van der Waals surface area contributed by atoms with Crippen molar-refractivity contribution in [1.29, 1.82) is 5.26 Å². The van der Waals surface area contributed by atoms with Crippen LogP contribution in [0.3, 0.4) is 0 Å². The zero-order chi connectivity index (χ0) is 18.5. The van der Waals surface area contributed by atoms with Crippen molar-refractivity contribution in [1.82, 2.24) is 9.78 Å². The summed E-state index contributed by atoms with van der Waals surface area (Å²) in [5.74, 6) is 0.420. The van der Waals surface area contributed by atoms with Crippen molar-refractivity contribution in [2.24, 2.45) is 10.9 Å². The highest BCUT2D eigenvalue weighted by atomic mass is 16.7. The summed E-state index contributed by atoms with van der Waals surface area (Å²) in [6.45, 7) is 10.2. The van der Waals surface area contributed by atoms with E-state index in [4.69, 9.17) is 14.4 Å². The smallest absolute Gasteiger partial charge is 0.399 e. The summed E-state index contributed by atoms with van der Waals surface area (Å²) in [5.41, 5.74) is 0.838. The van der Waals surface area contributed by atoms with Gasteiger partial charge in [0, 0.05) is 24.9 Å². The molecule has 2 aliphatic rings.